The average Bonchev–Trinajstić information content (AvgIpc) is 3.36. The van der Waals surface area contributed by atoms with Gasteiger partial charge in [-0.3, -0.25) is 4.98 Å². The van der Waals surface area contributed by atoms with Gasteiger partial charge in [-0.2, -0.15) is 5.26 Å². The molecule has 0 saturated heterocycles. The zero-order chi connectivity index (χ0) is 26.6. The number of ether oxygens (including phenoxy) is 1. The van der Waals surface area contributed by atoms with E-state index in [1.54, 1.807) is 24.4 Å². The monoisotopic (exact) mass is 527 g/mol. The van der Waals surface area contributed by atoms with E-state index in [9.17, 15) is 14.8 Å². The number of benzene rings is 3. The molecule has 7 heteroatoms. The number of aliphatic hydroxyl groups excluding tert-OH is 1. The van der Waals surface area contributed by atoms with Gasteiger partial charge in [-0.05, 0) is 71.8 Å². The third-order valence-corrected chi connectivity index (χ3v) is 7.20. The number of hydrogen-bond donors (Lipinski definition) is 2. The molecule has 0 radical (unpaired) electrons. The van der Waals surface area contributed by atoms with Gasteiger partial charge in [0.05, 0.1) is 17.2 Å². The standard InChI is InChI=1S/C31H27ClFN3O2/c1-19(18-37)36-17-22-12-28(32)31(13-27(22)21-11-20(14-34)15-35-16-21)38-30-10-9-24-23(6-4-7-26(24)30)25-5-2-3-8-29(25)33/h2-8,11-13,15-16,19,30,36-37H,9-10,17-18H2,1H3/t19-,30+/m1/s1. The molecule has 0 amide bonds. The van der Waals surface area contributed by atoms with Gasteiger partial charge >= 0.3 is 0 Å². The van der Waals surface area contributed by atoms with Crippen LogP contribution in [0.15, 0.2) is 73.1 Å². The number of pyridine rings is 1. The van der Waals surface area contributed by atoms with Crippen LogP contribution in [0.2, 0.25) is 5.02 Å². The Balaban J connectivity index is 1.51. The van der Waals surface area contributed by atoms with Gasteiger partial charge in [-0.25, -0.2) is 4.39 Å². The summed E-state index contributed by atoms with van der Waals surface area (Å²) in [6.07, 6.45) is 4.51. The van der Waals surface area contributed by atoms with Crippen molar-refractivity contribution in [1.82, 2.24) is 10.3 Å². The van der Waals surface area contributed by atoms with Crippen molar-refractivity contribution >= 4 is 11.6 Å². The second-order valence-electron chi connectivity index (χ2n) is 9.48. The molecular weight excluding hydrogens is 501 g/mol. The van der Waals surface area contributed by atoms with Crippen molar-refractivity contribution in [3.05, 3.63) is 106 Å². The van der Waals surface area contributed by atoms with Crippen LogP contribution < -0.4 is 10.1 Å². The first-order valence-electron chi connectivity index (χ1n) is 12.5. The Bertz CT molecular complexity index is 1520. The van der Waals surface area contributed by atoms with Crippen molar-refractivity contribution in [2.75, 3.05) is 6.61 Å². The highest BCUT2D eigenvalue weighted by atomic mass is 35.5. The van der Waals surface area contributed by atoms with Crippen LogP contribution in [0.3, 0.4) is 0 Å². The predicted octanol–water partition coefficient (Wildman–Crippen LogP) is 6.62. The number of fused-ring (bicyclic) bond motifs is 1. The largest absolute Gasteiger partial charge is 0.484 e. The van der Waals surface area contributed by atoms with Crippen LogP contribution in [0.25, 0.3) is 22.3 Å². The highest BCUT2D eigenvalue weighted by Gasteiger charge is 2.28. The summed E-state index contributed by atoms with van der Waals surface area (Å²) < 4.78 is 21.1. The van der Waals surface area contributed by atoms with E-state index in [-0.39, 0.29) is 24.6 Å². The van der Waals surface area contributed by atoms with Gasteiger partial charge in [0.15, 0.2) is 0 Å². The lowest BCUT2D eigenvalue weighted by molar-refractivity contribution is 0.208. The minimum Gasteiger partial charge on any atom is -0.484 e. The fourth-order valence-electron chi connectivity index (χ4n) is 4.92. The van der Waals surface area contributed by atoms with Crippen LogP contribution in [0.5, 0.6) is 5.75 Å². The first-order valence-corrected chi connectivity index (χ1v) is 12.9. The Kier molecular flexibility index (Phi) is 7.71. The Morgan fingerprint density at radius 3 is 2.74 bits per heavy atom. The molecule has 3 aromatic carbocycles. The molecule has 0 unspecified atom stereocenters. The Hall–Kier alpha value is -3.76. The smallest absolute Gasteiger partial charge is 0.139 e. The molecule has 38 heavy (non-hydrogen) atoms. The van der Waals surface area contributed by atoms with E-state index in [0.717, 1.165) is 46.2 Å². The Morgan fingerprint density at radius 2 is 1.95 bits per heavy atom. The maximum atomic E-state index is 14.6. The molecule has 2 atom stereocenters. The summed E-state index contributed by atoms with van der Waals surface area (Å²) >= 11 is 6.73. The van der Waals surface area contributed by atoms with Gasteiger partial charge in [0, 0.05) is 36.1 Å². The number of nitriles is 1. The molecule has 5 rings (SSSR count). The molecule has 2 N–H and O–H groups in total. The fourth-order valence-corrected chi connectivity index (χ4v) is 5.15. The molecule has 0 aliphatic heterocycles. The molecule has 0 saturated carbocycles. The van der Waals surface area contributed by atoms with Crippen molar-refractivity contribution in [2.45, 2.75) is 38.5 Å². The lowest BCUT2D eigenvalue weighted by atomic mass is 9.96. The van der Waals surface area contributed by atoms with Gasteiger partial charge in [0.2, 0.25) is 0 Å². The Labute approximate surface area is 226 Å². The summed E-state index contributed by atoms with van der Waals surface area (Å²) in [5.74, 6) is 0.281. The van der Waals surface area contributed by atoms with Crippen LogP contribution in [-0.4, -0.2) is 22.7 Å². The molecular formula is C31H27ClFN3O2. The third-order valence-electron chi connectivity index (χ3n) is 6.90. The summed E-state index contributed by atoms with van der Waals surface area (Å²) in [6.45, 7) is 2.36. The molecule has 0 bridgehead atoms. The highest BCUT2D eigenvalue weighted by Crippen LogP contribution is 2.43. The molecule has 0 fully saturated rings. The Morgan fingerprint density at radius 1 is 1.13 bits per heavy atom. The van der Waals surface area contributed by atoms with Crippen LogP contribution in [-0.2, 0) is 13.0 Å². The summed E-state index contributed by atoms with van der Waals surface area (Å²) in [7, 11) is 0. The molecule has 1 aliphatic carbocycles. The van der Waals surface area contributed by atoms with Crippen LogP contribution in [0.1, 0.15) is 41.7 Å². The number of rotatable bonds is 8. The number of aliphatic hydroxyl groups is 1. The minimum atomic E-state index is -0.245. The second-order valence-corrected chi connectivity index (χ2v) is 9.88. The van der Waals surface area contributed by atoms with Gasteiger partial charge in [-0.1, -0.05) is 48.0 Å². The lowest BCUT2D eigenvalue weighted by Crippen LogP contribution is -2.28. The lowest BCUT2D eigenvalue weighted by Gasteiger charge is -2.20. The summed E-state index contributed by atoms with van der Waals surface area (Å²) in [6, 6.07) is 20.3. The first-order chi connectivity index (χ1) is 18.5. The topological polar surface area (TPSA) is 78.2 Å². The van der Waals surface area contributed by atoms with E-state index < -0.39 is 0 Å². The van der Waals surface area contributed by atoms with Gasteiger partial charge < -0.3 is 15.2 Å². The second kappa shape index (κ2) is 11.3. The average molecular weight is 528 g/mol. The fraction of sp³-hybridized carbons (Fsp3) is 0.226. The first kappa shape index (κ1) is 25.9. The number of aromatic nitrogens is 1. The third kappa shape index (κ3) is 5.27. The van der Waals surface area contributed by atoms with Gasteiger partial charge in [0.25, 0.3) is 0 Å². The maximum absolute atomic E-state index is 14.6. The number of hydrogen-bond acceptors (Lipinski definition) is 5. The molecule has 192 valence electrons. The number of nitrogens with one attached hydrogen (secondary N) is 1. The van der Waals surface area contributed by atoms with E-state index in [1.807, 2.05) is 43.3 Å². The van der Waals surface area contributed by atoms with Crippen molar-refractivity contribution in [3.8, 4) is 34.1 Å². The zero-order valence-corrected chi connectivity index (χ0v) is 21.7. The van der Waals surface area contributed by atoms with E-state index in [1.165, 1.54) is 12.3 Å². The summed E-state index contributed by atoms with van der Waals surface area (Å²) in [5.41, 5.74) is 6.54. The van der Waals surface area contributed by atoms with Crippen molar-refractivity contribution in [3.63, 3.8) is 0 Å². The predicted molar refractivity (Wildman–Crippen MR) is 146 cm³/mol. The zero-order valence-electron chi connectivity index (χ0n) is 20.9. The molecule has 1 aromatic heterocycles. The molecule has 0 spiro atoms. The summed E-state index contributed by atoms with van der Waals surface area (Å²) in [5, 5.41) is 22.6. The maximum Gasteiger partial charge on any atom is 0.139 e. The van der Waals surface area contributed by atoms with E-state index in [2.05, 4.69) is 16.4 Å². The quantitative estimate of drug-likeness (QED) is 0.269. The number of halogens is 2. The normalized spacial score (nSPS) is 15.1. The van der Waals surface area contributed by atoms with E-state index in [0.29, 0.717) is 28.4 Å². The highest BCUT2D eigenvalue weighted by molar-refractivity contribution is 6.32. The number of nitrogens with zero attached hydrogens (tertiary/aromatic N) is 2. The molecule has 5 nitrogen and oxygen atoms in total. The minimum absolute atomic E-state index is 0.00565. The van der Waals surface area contributed by atoms with Crippen molar-refractivity contribution in [1.29, 1.82) is 5.26 Å². The summed E-state index contributed by atoms with van der Waals surface area (Å²) in [4.78, 5) is 4.23. The van der Waals surface area contributed by atoms with Crippen molar-refractivity contribution in [2.24, 2.45) is 0 Å². The van der Waals surface area contributed by atoms with E-state index in [4.69, 9.17) is 16.3 Å². The van der Waals surface area contributed by atoms with E-state index >= 15 is 0 Å². The van der Waals surface area contributed by atoms with Crippen LogP contribution in [0.4, 0.5) is 4.39 Å². The van der Waals surface area contributed by atoms with Crippen LogP contribution >= 0.6 is 11.6 Å². The molecule has 1 aliphatic rings. The van der Waals surface area contributed by atoms with Crippen molar-refractivity contribution < 1.29 is 14.2 Å². The van der Waals surface area contributed by atoms with Crippen LogP contribution in [0, 0.1) is 17.1 Å². The molecule has 4 aromatic rings. The van der Waals surface area contributed by atoms with Gasteiger partial charge in [0.1, 0.15) is 23.7 Å². The van der Waals surface area contributed by atoms with Gasteiger partial charge in [-0.15, -0.1) is 0 Å². The molecule has 1 heterocycles. The SMILES string of the molecule is C[C@H](CO)NCc1cc(Cl)c(O[C@H]2CCc3c(-c4ccccc4F)cccc32)cc1-c1cncc(C#N)c1.